The SMILES string of the molecule is CN1CCCN(C)C(C(=N)N2CCOCC2)C1. The van der Waals surface area contributed by atoms with Gasteiger partial charge in [-0.25, -0.2) is 0 Å². The maximum Gasteiger partial charge on any atom is 0.115 e. The smallest absolute Gasteiger partial charge is 0.115 e. The average molecular weight is 240 g/mol. The van der Waals surface area contributed by atoms with Crippen LogP contribution in [0.25, 0.3) is 0 Å². The molecule has 17 heavy (non-hydrogen) atoms. The molecule has 5 nitrogen and oxygen atoms in total. The minimum atomic E-state index is 0.237. The number of morpholine rings is 1. The molecule has 0 saturated carbocycles. The third kappa shape index (κ3) is 3.18. The molecule has 2 heterocycles. The Morgan fingerprint density at radius 2 is 1.82 bits per heavy atom. The zero-order valence-electron chi connectivity index (χ0n) is 11.0. The first-order chi connectivity index (χ1) is 8.18. The van der Waals surface area contributed by atoms with Crippen LogP contribution in [0.2, 0.25) is 0 Å². The van der Waals surface area contributed by atoms with Crippen LogP contribution >= 0.6 is 0 Å². The number of likely N-dealkylation sites (N-methyl/N-ethyl adjacent to an activating group) is 2. The van der Waals surface area contributed by atoms with Crippen LogP contribution < -0.4 is 0 Å². The van der Waals surface area contributed by atoms with Gasteiger partial charge in [0.15, 0.2) is 0 Å². The third-order valence-electron chi connectivity index (χ3n) is 3.73. The van der Waals surface area contributed by atoms with Gasteiger partial charge in [0, 0.05) is 19.6 Å². The molecule has 1 unspecified atom stereocenters. The first-order valence-electron chi connectivity index (χ1n) is 6.48. The number of ether oxygens (including phenoxy) is 1. The van der Waals surface area contributed by atoms with Crippen LogP contribution in [0.4, 0.5) is 0 Å². The Balaban J connectivity index is 1.99. The summed E-state index contributed by atoms with van der Waals surface area (Å²) in [5, 5.41) is 8.40. The normalized spacial score (nSPS) is 29.1. The predicted molar refractivity (Wildman–Crippen MR) is 68.7 cm³/mol. The van der Waals surface area contributed by atoms with Crippen LogP contribution in [-0.4, -0.2) is 86.6 Å². The van der Waals surface area contributed by atoms with Crippen molar-refractivity contribution in [2.75, 3.05) is 60.0 Å². The second-order valence-corrected chi connectivity index (χ2v) is 5.10. The Kier molecular flexibility index (Phi) is 4.36. The highest BCUT2D eigenvalue weighted by Gasteiger charge is 2.28. The Morgan fingerprint density at radius 3 is 2.53 bits per heavy atom. The van der Waals surface area contributed by atoms with E-state index in [0.717, 1.165) is 51.8 Å². The molecule has 2 rings (SSSR count). The van der Waals surface area contributed by atoms with Crippen molar-refractivity contribution in [3.8, 4) is 0 Å². The monoisotopic (exact) mass is 240 g/mol. The molecule has 0 aromatic heterocycles. The van der Waals surface area contributed by atoms with Crippen molar-refractivity contribution in [1.29, 1.82) is 5.41 Å². The first-order valence-corrected chi connectivity index (χ1v) is 6.48. The molecule has 1 N–H and O–H groups in total. The van der Waals surface area contributed by atoms with E-state index >= 15 is 0 Å². The van der Waals surface area contributed by atoms with E-state index in [-0.39, 0.29) is 6.04 Å². The highest BCUT2D eigenvalue weighted by molar-refractivity contribution is 5.85. The maximum absolute atomic E-state index is 8.40. The van der Waals surface area contributed by atoms with Gasteiger partial charge >= 0.3 is 0 Å². The molecule has 0 amide bonds. The molecule has 5 heteroatoms. The summed E-state index contributed by atoms with van der Waals surface area (Å²) in [5.41, 5.74) is 0. The van der Waals surface area contributed by atoms with Crippen LogP contribution in [0.3, 0.4) is 0 Å². The van der Waals surface area contributed by atoms with Gasteiger partial charge in [0.25, 0.3) is 0 Å². The van der Waals surface area contributed by atoms with E-state index in [1.807, 2.05) is 0 Å². The summed E-state index contributed by atoms with van der Waals surface area (Å²) in [5.74, 6) is 0.768. The van der Waals surface area contributed by atoms with Crippen molar-refractivity contribution in [2.24, 2.45) is 0 Å². The van der Waals surface area contributed by atoms with Crippen molar-refractivity contribution < 1.29 is 4.74 Å². The molecule has 0 bridgehead atoms. The van der Waals surface area contributed by atoms with Gasteiger partial charge < -0.3 is 14.5 Å². The number of hydrogen-bond donors (Lipinski definition) is 1. The number of amidine groups is 1. The van der Waals surface area contributed by atoms with Gasteiger partial charge in [-0.05, 0) is 33.6 Å². The molecule has 0 radical (unpaired) electrons. The molecule has 0 aliphatic carbocycles. The average Bonchev–Trinajstić information content (AvgIpc) is 2.51. The zero-order chi connectivity index (χ0) is 12.3. The van der Waals surface area contributed by atoms with Gasteiger partial charge in [0.1, 0.15) is 5.84 Å². The maximum atomic E-state index is 8.40. The lowest BCUT2D eigenvalue weighted by Gasteiger charge is -2.36. The van der Waals surface area contributed by atoms with E-state index in [1.165, 1.54) is 6.42 Å². The lowest BCUT2D eigenvalue weighted by atomic mass is 10.2. The Bertz CT molecular complexity index is 265. The standard InChI is InChI=1S/C12H24N4O/c1-14-4-3-5-15(2)11(10-14)12(13)16-6-8-17-9-7-16/h11,13H,3-10H2,1-2H3. The van der Waals surface area contributed by atoms with Gasteiger partial charge in [-0.1, -0.05) is 0 Å². The zero-order valence-corrected chi connectivity index (χ0v) is 11.0. The van der Waals surface area contributed by atoms with Crippen molar-refractivity contribution in [3.05, 3.63) is 0 Å². The minimum absolute atomic E-state index is 0.237. The summed E-state index contributed by atoms with van der Waals surface area (Å²) in [4.78, 5) is 6.83. The van der Waals surface area contributed by atoms with Gasteiger partial charge in [0.2, 0.25) is 0 Å². The highest BCUT2D eigenvalue weighted by Crippen LogP contribution is 2.11. The van der Waals surface area contributed by atoms with Gasteiger partial charge in [-0.3, -0.25) is 10.3 Å². The van der Waals surface area contributed by atoms with Crippen LogP contribution in [0.1, 0.15) is 6.42 Å². The molecule has 2 fully saturated rings. The Labute approximate surface area is 104 Å². The fraction of sp³-hybridized carbons (Fsp3) is 0.917. The van der Waals surface area contributed by atoms with Crippen LogP contribution in [0, 0.1) is 5.41 Å². The summed E-state index contributed by atoms with van der Waals surface area (Å²) >= 11 is 0. The largest absolute Gasteiger partial charge is 0.378 e. The molecule has 2 aliphatic rings. The summed E-state index contributed by atoms with van der Waals surface area (Å²) < 4.78 is 5.35. The molecule has 0 spiro atoms. The van der Waals surface area contributed by atoms with E-state index < -0.39 is 0 Å². The van der Waals surface area contributed by atoms with Crippen molar-refractivity contribution in [1.82, 2.24) is 14.7 Å². The number of nitrogens with one attached hydrogen (secondary N) is 1. The number of hydrogen-bond acceptors (Lipinski definition) is 4. The molecule has 2 aliphatic heterocycles. The summed E-state index contributed by atoms with van der Waals surface area (Å²) in [6, 6.07) is 0.237. The van der Waals surface area contributed by atoms with Crippen molar-refractivity contribution in [3.63, 3.8) is 0 Å². The summed E-state index contributed by atoms with van der Waals surface area (Å²) in [6.07, 6.45) is 1.19. The molecular formula is C12H24N4O. The van der Waals surface area contributed by atoms with E-state index in [4.69, 9.17) is 10.1 Å². The lowest BCUT2D eigenvalue weighted by molar-refractivity contribution is 0.0639. The summed E-state index contributed by atoms with van der Waals surface area (Å²) in [6.45, 7) is 6.44. The fourth-order valence-corrected chi connectivity index (χ4v) is 2.58. The first kappa shape index (κ1) is 12.8. The van der Waals surface area contributed by atoms with E-state index in [0.29, 0.717) is 0 Å². The molecule has 2 saturated heterocycles. The summed E-state index contributed by atoms with van der Waals surface area (Å²) in [7, 11) is 4.29. The molecular weight excluding hydrogens is 216 g/mol. The van der Waals surface area contributed by atoms with Gasteiger partial charge in [-0.15, -0.1) is 0 Å². The molecule has 98 valence electrons. The van der Waals surface area contributed by atoms with Crippen molar-refractivity contribution in [2.45, 2.75) is 12.5 Å². The van der Waals surface area contributed by atoms with Crippen LogP contribution in [-0.2, 0) is 4.74 Å². The van der Waals surface area contributed by atoms with Crippen LogP contribution in [0.15, 0.2) is 0 Å². The van der Waals surface area contributed by atoms with Gasteiger partial charge in [-0.2, -0.15) is 0 Å². The molecule has 1 atom stereocenters. The quantitative estimate of drug-likeness (QED) is 0.515. The second kappa shape index (κ2) is 5.80. The van der Waals surface area contributed by atoms with E-state index in [9.17, 15) is 0 Å². The highest BCUT2D eigenvalue weighted by atomic mass is 16.5. The molecule has 0 aromatic rings. The Hall–Kier alpha value is -0.650. The third-order valence-corrected chi connectivity index (χ3v) is 3.73. The van der Waals surface area contributed by atoms with Gasteiger partial charge in [0.05, 0.1) is 19.3 Å². The minimum Gasteiger partial charge on any atom is -0.378 e. The van der Waals surface area contributed by atoms with E-state index in [1.54, 1.807) is 0 Å². The Morgan fingerprint density at radius 1 is 1.12 bits per heavy atom. The lowest BCUT2D eigenvalue weighted by Crippen LogP contribution is -2.53. The van der Waals surface area contributed by atoms with Crippen LogP contribution in [0.5, 0.6) is 0 Å². The topological polar surface area (TPSA) is 42.8 Å². The predicted octanol–water partition coefficient (Wildman–Crippen LogP) is -0.0682. The number of nitrogens with zero attached hydrogens (tertiary/aromatic N) is 3. The second-order valence-electron chi connectivity index (χ2n) is 5.10. The van der Waals surface area contributed by atoms with Crippen molar-refractivity contribution >= 4 is 5.84 Å². The molecule has 0 aromatic carbocycles. The van der Waals surface area contributed by atoms with E-state index in [2.05, 4.69) is 28.8 Å². The number of rotatable bonds is 1. The fourth-order valence-electron chi connectivity index (χ4n) is 2.58.